The van der Waals surface area contributed by atoms with Crippen molar-refractivity contribution in [2.45, 2.75) is 39.3 Å². The van der Waals surface area contributed by atoms with Crippen LogP contribution in [0.4, 0.5) is 0 Å². The summed E-state index contributed by atoms with van der Waals surface area (Å²) in [6.45, 7) is 5.67. The van der Waals surface area contributed by atoms with Gasteiger partial charge in [-0.1, -0.05) is 6.07 Å². The molecular formula is C22H27N3O3. The van der Waals surface area contributed by atoms with E-state index in [1.165, 1.54) is 0 Å². The van der Waals surface area contributed by atoms with E-state index in [0.29, 0.717) is 11.5 Å². The Morgan fingerprint density at radius 2 is 2.04 bits per heavy atom. The van der Waals surface area contributed by atoms with Crippen molar-refractivity contribution in [3.63, 3.8) is 0 Å². The molecule has 1 aliphatic heterocycles. The van der Waals surface area contributed by atoms with Crippen LogP contribution in [0.1, 0.15) is 36.9 Å². The average molecular weight is 381 g/mol. The summed E-state index contributed by atoms with van der Waals surface area (Å²) < 4.78 is 9.47. The molecule has 1 aromatic carbocycles. The molecule has 1 aliphatic rings. The highest BCUT2D eigenvalue weighted by atomic mass is 16.5. The van der Waals surface area contributed by atoms with Crippen molar-refractivity contribution in [3.05, 3.63) is 51.9 Å². The van der Waals surface area contributed by atoms with Crippen LogP contribution < -0.4 is 5.56 Å². The van der Waals surface area contributed by atoms with Gasteiger partial charge in [-0.15, -0.1) is 0 Å². The van der Waals surface area contributed by atoms with Crippen LogP contribution in [0.3, 0.4) is 0 Å². The zero-order valence-electron chi connectivity index (χ0n) is 16.7. The quantitative estimate of drug-likeness (QED) is 0.754. The number of aliphatic hydroxyl groups is 1. The number of fused-ring (bicyclic) bond motifs is 1. The standard InChI is InChI=1S/C22H27N3O3/c1-14-10-18(12-24(3)22(14)27)21-23-19-11-16(13-26)4-5-20(19)25(21)15(2)17-6-8-28-9-7-17/h4-5,10-12,15,17,26H,6-9,13H2,1-3H3. The third-order valence-corrected chi connectivity index (χ3v) is 5.91. The first kappa shape index (κ1) is 18.9. The summed E-state index contributed by atoms with van der Waals surface area (Å²) in [6.07, 6.45) is 3.92. The normalized spacial score (nSPS) is 16.6. The number of aliphatic hydroxyl groups excluding tert-OH is 1. The van der Waals surface area contributed by atoms with Gasteiger partial charge in [-0.05, 0) is 56.4 Å². The number of aryl methyl sites for hydroxylation is 2. The SMILES string of the molecule is Cc1cc(-c2nc3cc(CO)ccc3n2C(C)C2CCOCC2)cn(C)c1=O. The summed E-state index contributed by atoms with van der Waals surface area (Å²) in [7, 11) is 1.78. The molecule has 0 saturated carbocycles. The highest BCUT2D eigenvalue weighted by Gasteiger charge is 2.26. The number of hydrogen-bond donors (Lipinski definition) is 1. The maximum Gasteiger partial charge on any atom is 0.253 e. The number of nitrogens with zero attached hydrogens (tertiary/aromatic N) is 3. The highest BCUT2D eigenvalue weighted by molar-refractivity contribution is 5.81. The lowest BCUT2D eigenvalue weighted by atomic mass is 9.92. The molecule has 0 radical (unpaired) electrons. The number of hydrogen-bond acceptors (Lipinski definition) is 4. The third kappa shape index (κ3) is 3.27. The van der Waals surface area contributed by atoms with Gasteiger partial charge in [-0.25, -0.2) is 4.98 Å². The second kappa shape index (κ2) is 7.53. The van der Waals surface area contributed by atoms with E-state index in [1.807, 2.05) is 37.4 Å². The van der Waals surface area contributed by atoms with Gasteiger partial charge in [-0.3, -0.25) is 4.79 Å². The minimum Gasteiger partial charge on any atom is -0.392 e. The predicted molar refractivity (Wildman–Crippen MR) is 109 cm³/mol. The second-order valence-corrected chi connectivity index (χ2v) is 7.80. The molecule has 2 aromatic heterocycles. The molecule has 0 amide bonds. The molecule has 1 N–H and O–H groups in total. The molecule has 4 rings (SSSR count). The summed E-state index contributed by atoms with van der Waals surface area (Å²) in [6, 6.07) is 8.11. The molecule has 6 heteroatoms. The first-order valence-electron chi connectivity index (χ1n) is 9.86. The van der Waals surface area contributed by atoms with Gasteiger partial charge in [0.05, 0.1) is 17.6 Å². The molecule has 1 saturated heterocycles. The van der Waals surface area contributed by atoms with Gasteiger partial charge >= 0.3 is 0 Å². The lowest BCUT2D eigenvalue weighted by Gasteiger charge is -2.30. The molecule has 1 unspecified atom stereocenters. The van der Waals surface area contributed by atoms with Gasteiger partial charge in [0.15, 0.2) is 0 Å². The summed E-state index contributed by atoms with van der Waals surface area (Å²) in [4.78, 5) is 17.1. The fraction of sp³-hybridized carbons (Fsp3) is 0.455. The van der Waals surface area contributed by atoms with E-state index in [2.05, 4.69) is 11.5 Å². The fourth-order valence-corrected chi connectivity index (χ4v) is 4.27. The van der Waals surface area contributed by atoms with Crippen LogP contribution in [-0.2, 0) is 18.4 Å². The maximum atomic E-state index is 12.2. The molecule has 28 heavy (non-hydrogen) atoms. The number of ether oxygens (including phenoxy) is 1. The van der Waals surface area contributed by atoms with Crippen molar-refractivity contribution >= 4 is 11.0 Å². The zero-order chi connectivity index (χ0) is 19.8. The molecule has 3 heterocycles. The van der Waals surface area contributed by atoms with Crippen molar-refractivity contribution in [2.24, 2.45) is 13.0 Å². The molecule has 148 valence electrons. The van der Waals surface area contributed by atoms with E-state index < -0.39 is 0 Å². The Morgan fingerprint density at radius 1 is 1.29 bits per heavy atom. The molecule has 0 bridgehead atoms. The molecule has 6 nitrogen and oxygen atoms in total. The lowest BCUT2D eigenvalue weighted by Crippen LogP contribution is -2.25. The van der Waals surface area contributed by atoms with Crippen molar-refractivity contribution < 1.29 is 9.84 Å². The van der Waals surface area contributed by atoms with E-state index in [-0.39, 0.29) is 18.2 Å². The summed E-state index contributed by atoms with van der Waals surface area (Å²) in [5.74, 6) is 1.37. The maximum absolute atomic E-state index is 12.2. The Hall–Kier alpha value is -2.44. The number of rotatable bonds is 4. The Morgan fingerprint density at radius 3 is 2.71 bits per heavy atom. The zero-order valence-corrected chi connectivity index (χ0v) is 16.7. The number of aromatic nitrogens is 3. The topological polar surface area (TPSA) is 69.3 Å². The lowest BCUT2D eigenvalue weighted by molar-refractivity contribution is 0.0521. The van der Waals surface area contributed by atoms with Gasteiger partial charge in [0.1, 0.15) is 5.82 Å². The summed E-state index contributed by atoms with van der Waals surface area (Å²) in [5.41, 5.74) is 4.41. The van der Waals surface area contributed by atoms with Crippen LogP contribution in [0.5, 0.6) is 0 Å². The summed E-state index contributed by atoms with van der Waals surface area (Å²) in [5, 5.41) is 9.52. The Bertz CT molecular complexity index is 1030. The monoisotopic (exact) mass is 381 g/mol. The molecule has 1 fully saturated rings. The Labute approximate surface area is 164 Å². The first-order chi connectivity index (χ1) is 13.5. The van der Waals surface area contributed by atoms with Crippen LogP contribution in [0.25, 0.3) is 22.4 Å². The van der Waals surface area contributed by atoms with E-state index >= 15 is 0 Å². The van der Waals surface area contributed by atoms with Gasteiger partial charge in [0.25, 0.3) is 5.56 Å². The smallest absolute Gasteiger partial charge is 0.253 e. The van der Waals surface area contributed by atoms with Gasteiger partial charge < -0.3 is 19.0 Å². The minimum absolute atomic E-state index is 0.00598. The van der Waals surface area contributed by atoms with E-state index in [9.17, 15) is 9.90 Å². The van der Waals surface area contributed by atoms with Crippen LogP contribution in [0.15, 0.2) is 35.3 Å². The van der Waals surface area contributed by atoms with Gasteiger partial charge in [0.2, 0.25) is 0 Å². The molecule has 0 aliphatic carbocycles. The van der Waals surface area contributed by atoms with Crippen LogP contribution in [0, 0.1) is 12.8 Å². The number of imidazole rings is 1. The summed E-state index contributed by atoms with van der Waals surface area (Å²) >= 11 is 0. The predicted octanol–water partition coefficient (Wildman–Crippen LogP) is 3.19. The van der Waals surface area contributed by atoms with E-state index in [4.69, 9.17) is 9.72 Å². The third-order valence-electron chi connectivity index (χ3n) is 5.91. The van der Waals surface area contributed by atoms with Crippen molar-refractivity contribution in [2.75, 3.05) is 13.2 Å². The molecule has 3 aromatic rings. The van der Waals surface area contributed by atoms with Gasteiger partial charge in [-0.2, -0.15) is 0 Å². The van der Waals surface area contributed by atoms with Crippen molar-refractivity contribution in [3.8, 4) is 11.4 Å². The van der Waals surface area contributed by atoms with E-state index in [0.717, 1.165) is 54.0 Å². The van der Waals surface area contributed by atoms with Crippen LogP contribution >= 0.6 is 0 Å². The average Bonchev–Trinajstić information content (AvgIpc) is 3.10. The van der Waals surface area contributed by atoms with Crippen molar-refractivity contribution in [1.29, 1.82) is 0 Å². The van der Waals surface area contributed by atoms with Crippen LogP contribution in [0.2, 0.25) is 0 Å². The molecule has 0 spiro atoms. The van der Waals surface area contributed by atoms with Crippen LogP contribution in [-0.4, -0.2) is 32.4 Å². The molecular weight excluding hydrogens is 354 g/mol. The van der Waals surface area contributed by atoms with Gasteiger partial charge in [0, 0.05) is 43.6 Å². The second-order valence-electron chi connectivity index (χ2n) is 7.80. The van der Waals surface area contributed by atoms with Crippen molar-refractivity contribution in [1.82, 2.24) is 14.1 Å². The number of benzene rings is 1. The highest BCUT2D eigenvalue weighted by Crippen LogP contribution is 2.35. The fourth-order valence-electron chi connectivity index (χ4n) is 4.27. The minimum atomic E-state index is -0.00734. The Kier molecular flexibility index (Phi) is 5.08. The van der Waals surface area contributed by atoms with E-state index in [1.54, 1.807) is 11.6 Å². The Balaban J connectivity index is 1.92. The largest absolute Gasteiger partial charge is 0.392 e. The number of pyridine rings is 1. The molecule has 1 atom stereocenters. The first-order valence-corrected chi connectivity index (χ1v) is 9.86.